The zero-order valence-corrected chi connectivity index (χ0v) is 4.42. The van der Waals surface area contributed by atoms with Gasteiger partial charge in [-0.25, -0.2) is 0 Å². The minimum absolute atomic E-state index is 0.595. The smallest absolute Gasteiger partial charge is 0.303 e. The van der Waals surface area contributed by atoms with Crippen LogP contribution in [-0.4, -0.2) is 16.9 Å². The number of carboxylic acid groups (broad SMARTS) is 1. The molecule has 0 aliphatic heterocycles. The van der Waals surface area contributed by atoms with Gasteiger partial charge in [0.1, 0.15) is 5.78 Å². The van der Waals surface area contributed by atoms with Crippen molar-refractivity contribution in [3.63, 3.8) is 0 Å². The van der Waals surface area contributed by atoms with E-state index in [2.05, 4.69) is 0 Å². The molecule has 0 fully saturated rings. The third kappa shape index (κ3) is 5.14. The molecule has 0 aliphatic carbocycles. The molecular weight excluding hydrogens is 108 g/mol. The molecule has 0 radical (unpaired) electrons. The molecule has 3 nitrogen and oxygen atoms in total. The van der Waals surface area contributed by atoms with Crippen LogP contribution in [0.4, 0.5) is 0 Å². The minimum atomic E-state index is -1.66. The van der Waals surface area contributed by atoms with Gasteiger partial charge in [0.15, 0.2) is 0 Å². The lowest BCUT2D eigenvalue weighted by Crippen LogP contribution is -1.98. The zero-order chi connectivity index (χ0) is 8.31. The first-order valence-electron chi connectivity index (χ1n) is 3.20. The van der Waals surface area contributed by atoms with Crippen molar-refractivity contribution in [1.29, 1.82) is 0 Å². The monoisotopic (exact) mass is 118 g/mol. The van der Waals surface area contributed by atoms with Gasteiger partial charge in [-0.1, -0.05) is 0 Å². The number of carbonyl (C=O) groups is 2. The second-order valence-corrected chi connectivity index (χ2v) is 1.28. The number of hydrogen-bond donors (Lipinski definition) is 1. The summed E-state index contributed by atoms with van der Waals surface area (Å²) in [5.41, 5.74) is 0. The van der Waals surface area contributed by atoms with Crippen molar-refractivity contribution < 1.29 is 17.4 Å². The highest BCUT2D eigenvalue weighted by atomic mass is 16.4. The molecule has 8 heavy (non-hydrogen) atoms. The standard InChI is InChI=1S/C5H8O3/c1-4(6)2-3-5(7)8/h2-3H2,1H3,(H,7,8)/i2D,3D. The Morgan fingerprint density at radius 2 is 2.12 bits per heavy atom. The summed E-state index contributed by atoms with van der Waals surface area (Å²) in [4.78, 5) is 20.3. The number of hydrogen-bond acceptors (Lipinski definition) is 2. The molecule has 1 N–H and O–H groups in total. The number of aliphatic carboxylic acids is 1. The third-order valence-electron chi connectivity index (χ3n) is 0.461. The van der Waals surface area contributed by atoms with E-state index in [0.717, 1.165) is 6.92 Å². The highest BCUT2D eigenvalue weighted by molar-refractivity contribution is 5.80. The molecule has 46 valence electrons. The van der Waals surface area contributed by atoms with Crippen LogP contribution in [0.5, 0.6) is 0 Å². The van der Waals surface area contributed by atoms with Gasteiger partial charge in [0.25, 0.3) is 0 Å². The van der Waals surface area contributed by atoms with Crippen LogP contribution < -0.4 is 0 Å². The Labute approximate surface area is 50.1 Å². The first-order valence-corrected chi connectivity index (χ1v) is 2.04. The number of Topliss-reactive ketones (excluding diaryl/α,β-unsaturated/α-hetero) is 1. The van der Waals surface area contributed by atoms with E-state index in [1.54, 1.807) is 0 Å². The average Bonchev–Trinajstić information content (AvgIpc) is 1.84. The van der Waals surface area contributed by atoms with Crippen LogP contribution in [-0.2, 0) is 9.59 Å². The summed E-state index contributed by atoms with van der Waals surface area (Å²) in [6, 6.07) is 0. The highest BCUT2D eigenvalue weighted by Gasteiger charge is 1.97. The summed E-state index contributed by atoms with van der Waals surface area (Å²) in [7, 11) is 0. The van der Waals surface area contributed by atoms with Crippen LogP contribution in [0.3, 0.4) is 0 Å². The largest absolute Gasteiger partial charge is 0.481 e. The number of rotatable bonds is 3. The van der Waals surface area contributed by atoms with Gasteiger partial charge in [0, 0.05) is 9.14 Å². The lowest BCUT2D eigenvalue weighted by atomic mass is 10.2. The number of carbonyl (C=O) groups excluding carboxylic acids is 1. The first-order chi connectivity index (χ1) is 4.46. The summed E-state index contributed by atoms with van der Waals surface area (Å²) in [6.07, 6.45) is -3.12. The molecule has 0 aromatic heterocycles. The van der Waals surface area contributed by atoms with Crippen LogP contribution in [0.25, 0.3) is 0 Å². The van der Waals surface area contributed by atoms with Gasteiger partial charge in [-0.05, 0) is 6.92 Å². The molecular formula is C5H8O3. The van der Waals surface area contributed by atoms with E-state index in [1.807, 2.05) is 0 Å². The summed E-state index contributed by atoms with van der Waals surface area (Å²) in [6.45, 7) is 1.10. The summed E-state index contributed by atoms with van der Waals surface area (Å²) < 4.78 is 13.6. The molecule has 3 heteroatoms. The van der Waals surface area contributed by atoms with E-state index in [-0.39, 0.29) is 0 Å². The minimum Gasteiger partial charge on any atom is -0.481 e. The molecule has 0 aromatic rings. The van der Waals surface area contributed by atoms with Crippen molar-refractivity contribution in [1.82, 2.24) is 0 Å². The van der Waals surface area contributed by atoms with Crippen molar-refractivity contribution in [2.45, 2.75) is 19.7 Å². The van der Waals surface area contributed by atoms with Crippen LogP contribution >= 0.6 is 0 Å². The second-order valence-electron chi connectivity index (χ2n) is 1.28. The lowest BCUT2D eigenvalue weighted by Gasteiger charge is -1.86. The Hall–Kier alpha value is -0.860. The molecule has 0 bridgehead atoms. The van der Waals surface area contributed by atoms with E-state index in [0.29, 0.717) is 0 Å². The third-order valence-corrected chi connectivity index (χ3v) is 0.461. The van der Waals surface area contributed by atoms with E-state index in [4.69, 9.17) is 7.85 Å². The van der Waals surface area contributed by atoms with Crippen LogP contribution in [0.2, 0.25) is 0 Å². The Balaban J connectivity index is 4.07. The summed E-state index contributed by atoms with van der Waals surface area (Å²) in [5, 5.41) is 8.14. The van der Waals surface area contributed by atoms with E-state index < -0.39 is 24.5 Å². The van der Waals surface area contributed by atoms with Crippen molar-refractivity contribution in [3.8, 4) is 0 Å². The predicted octanol–water partition coefficient (Wildman–Crippen LogP) is 0.440. The molecule has 0 heterocycles. The average molecular weight is 118 g/mol. The highest BCUT2D eigenvalue weighted by Crippen LogP contribution is 1.87. The Bertz CT molecular complexity index is 139. The maximum atomic E-state index is 10.3. The van der Waals surface area contributed by atoms with Gasteiger partial charge in [0.2, 0.25) is 0 Å². The summed E-state index contributed by atoms with van der Waals surface area (Å²) in [5.74, 6) is -2.03. The molecule has 0 saturated carbocycles. The molecule has 2 unspecified atom stereocenters. The van der Waals surface area contributed by atoms with E-state index in [9.17, 15) is 9.59 Å². The van der Waals surface area contributed by atoms with Crippen molar-refractivity contribution in [3.05, 3.63) is 0 Å². The molecule has 0 saturated heterocycles. The Morgan fingerprint density at radius 3 is 2.25 bits per heavy atom. The van der Waals surface area contributed by atoms with Gasteiger partial charge in [0.05, 0.1) is 6.40 Å². The van der Waals surface area contributed by atoms with E-state index >= 15 is 0 Å². The fourth-order valence-corrected chi connectivity index (χ4v) is 0.189. The van der Waals surface area contributed by atoms with Crippen molar-refractivity contribution >= 4 is 11.8 Å². The fraction of sp³-hybridized carbons (Fsp3) is 0.600. The van der Waals surface area contributed by atoms with Crippen LogP contribution in [0.1, 0.15) is 22.5 Å². The number of carboxylic acids is 1. The van der Waals surface area contributed by atoms with Gasteiger partial charge < -0.3 is 9.90 Å². The maximum Gasteiger partial charge on any atom is 0.303 e. The first kappa shape index (κ1) is 4.06. The topological polar surface area (TPSA) is 54.4 Å². The maximum absolute atomic E-state index is 10.3. The zero-order valence-electron chi connectivity index (χ0n) is 6.42. The predicted molar refractivity (Wildman–Crippen MR) is 27.6 cm³/mol. The molecule has 0 amide bonds. The van der Waals surface area contributed by atoms with Crippen molar-refractivity contribution in [2.75, 3.05) is 0 Å². The molecule has 0 spiro atoms. The fourth-order valence-electron chi connectivity index (χ4n) is 0.189. The number of ketones is 1. The Morgan fingerprint density at radius 1 is 1.62 bits per heavy atom. The van der Waals surface area contributed by atoms with E-state index in [1.165, 1.54) is 0 Å². The second kappa shape index (κ2) is 3.18. The Kier molecular flexibility index (Phi) is 1.62. The molecule has 0 aromatic carbocycles. The van der Waals surface area contributed by atoms with Gasteiger partial charge >= 0.3 is 5.97 Å². The van der Waals surface area contributed by atoms with Gasteiger partial charge in [-0.2, -0.15) is 0 Å². The normalized spacial score (nSPS) is 20.1. The molecule has 2 atom stereocenters. The quantitative estimate of drug-likeness (QED) is 0.585. The van der Waals surface area contributed by atoms with Gasteiger partial charge in [-0.3, -0.25) is 4.79 Å². The van der Waals surface area contributed by atoms with Crippen LogP contribution in [0.15, 0.2) is 0 Å². The SMILES string of the molecule is [2H]C(C(C)=O)C([2H])C(=O)O. The summed E-state index contributed by atoms with van der Waals surface area (Å²) >= 11 is 0. The molecule has 0 aliphatic rings. The molecule has 0 rings (SSSR count). The van der Waals surface area contributed by atoms with Gasteiger partial charge in [-0.15, -0.1) is 0 Å². The van der Waals surface area contributed by atoms with Crippen molar-refractivity contribution in [2.24, 2.45) is 0 Å². The van der Waals surface area contributed by atoms with Crippen LogP contribution in [0, 0.1) is 0 Å². The lowest BCUT2D eigenvalue weighted by molar-refractivity contribution is -0.138.